The lowest BCUT2D eigenvalue weighted by atomic mass is 10.2. The van der Waals surface area contributed by atoms with E-state index < -0.39 is 24.4 Å². The van der Waals surface area contributed by atoms with E-state index in [9.17, 15) is 8.42 Å². The third-order valence-electron chi connectivity index (χ3n) is 4.35. The van der Waals surface area contributed by atoms with Crippen LogP contribution in [0.1, 0.15) is 26.3 Å². The molecule has 0 unspecified atom stereocenters. The average molecular weight is 356 g/mol. The summed E-state index contributed by atoms with van der Waals surface area (Å²) in [4.78, 5) is 0.252. The van der Waals surface area contributed by atoms with Crippen LogP contribution in [-0.4, -0.2) is 29.4 Å². The third-order valence-corrected chi connectivity index (χ3v) is 10.4. The first-order chi connectivity index (χ1) is 10.4. The summed E-state index contributed by atoms with van der Waals surface area (Å²) in [6.45, 7) is 16.7. The van der Waals surface area contributed by atoms with Crippen molar-refractivity contribution in [3.05, 3.63) is 42.5 Å². The lowest BCUT2D eigenvalue weighted by Gasteiger charge is -2.37. The van der Waals surface area contributed by atoms with E-state index in [1.54, 1.807) is 30.3 Å². The van der Waals surface area contributed by atoms with Crippen molar-refractivity contribution in [1.82, 2.24) is 4.72 Å². The molecule has 0 bridgehead atoms. The highest BCUT2D eigenvalue weighted by molar-refractivity contribution is 7.89. The van der Waals surface area contributed by atoms with E-state index in [0.717, 1.165) is 5.56 Å². The Kier molecular flexibility index (Phi) is 6.37. The number of aryl methyl sites for hydroxylation is 1. The lowest BCUT2D eigenvalue weighted by Crippen LogP contribution is -2.45. The number of rotatable bonds is 7. The summed E-state index contributed by atoms with van der Waals surface area (Å²) in [6.07, 6.45) is 1.58. The average Bonchev–Trinajstić information content (AvgIpc) is 2.42. The van der Waals surface area contributed by atoms with Crippen LogP contribution >= 0.6 is 0 Å². The van der Waals surface area contributed by atoms with Crippen LogP contribution in [0.3, 0.4) is 0 Å². The molecule has 0 amide bonds. The van der Waals surface area contributed by atoms with Crippen LogP contribution in [0.2, 0.25) is 18.1 Å². The summed E-state index contributed by atoms with van der Waals surface area (Å²) in [5.74, 6) is 0. The number of hydrogen-bond acceptors (Lipinski definition) is 3. The van der Waals surface area contributed by atoms with E-state index in [-0.39, 0.29) is 9.93 Å². The largest absolute Gasteiger partial charge is 0.415 e. The lowest BCUT2D eigenvalue weighted by molar-refractivity contribution is 0.272. The van der Waals surface area contributed by atoms with Gasteiger partial charge in [0.05, 0.1) is 17.5 Å². The molecule has 0 saturated heterocycles. The molecule has 0 radical (unpaired) electrons. The second-order valence-corrected chi connectivity index (χ2v) is 13.9. The van der Waals surface area contributed by atoms with Gasteiger partial charge in [-0.2, -0.15) is 0 Å². The highest BCUT2D eigenvalue weighted by atomic mass is 32.2. The second-order valence-electron chi connectivity index (χ2n) is 7.35. The van der Waals surface area contributed by atoms with Crippen molar-refractivity contribution in [3.63, 3.8) is 0 Å². The molecule has 4 nitrogen and oxygen atoms in total. The Balaban J connectivity index is 2.80. The maximum atomic E-state index is 12.4. The standard InChI is InChI=1S/C17H29NO3SSi/c1-8-15(13-21-23(6,7)17(3,4)5)18-22(19,20)16-11-9-14(2)10-12-16/h8-12,15,18H,1,13H2,2-7H3/t15-/m0/s1. The molecule has 1 aromatic carbocycles. The second kappa shape index (κ2) is 7.30. The van der Waals surface area contributed by atoms with Gasteiger partial charge >= 0.3 is 0 Å². The molecule has 1 rings (SSSR count). The summed E-state index contributed by atoms with van der Waals surface area (Å²) >= 11 is 0. The number of sulfonamides is 1. The van der Waals surface area contributed by atoms with Crippen LogP contribution in [0.15, 0.2) is 41.8 Å². The van der Waals surface area contributed by atoms with Crippen molar-refractivity contribution in [2.45, 2.75) is 56.8 Å². The number of benzene rings is 1. The fraction of sp³-hybridized carbons (Fsp3) is 0.529. The highest BCUT2D eigenvalue weighted by Crippen LogP contribution is 2.36. The Bertz CT molecular complexity index is 631. The molecule has 130 valence electrons. The van der Waals surface area contributed by atoms with Crippen molar-refractivity contribution >= 4 is 18.3 Å². The molecule has 0 fully saturated rings. The topological polar surface area (TPSA) is 55.4 Å². The molecule has 0 spiro atoms. The summed E-state index contributed by atoms with van der Waals surface area (Å²) in [5.41, 5.74) is 1.02. The van der Waals surface area contributed by atoms with Crippen molar-refractivity contribution in [1.29, 1.82) is 0 Å². The molecule has 6 heteroatoms. The molecular weight excluding hydrogens is 326 g/mol. The van der Waals surface area contributed by atoms with Gasteiger partial charge in [0.1, 0.15) is 0 Å². The SMILES string of the molecule is C=C[C@@H](CO[Si](C)(C)C(C)(C)C)NS(=O)(=O)c1ccc(C)cc1. The number of hydrogen-bond donors (Lipinski definition) is 1. The van der Waals surface area contributed by atoms with E-state index in [1.165, 1.54) is 0 Å². The highest BCUT2D eigenvalue weighted by Gasteiger charge is 2.37. The van der Waals surface area contributed by atoms with Crippen LogP contribution < -0.4 is 4.72 Å². The van der Waals surface area contributed by atoms with Gasteiger partial charge in [0.2, 0.25) is 10.0 Å². The molecule has 23 heavy (non-hydrogen) atoms. The van der Waals surface area contributed by atoms with Crippen molar-refractivity contribution in [3.8, 4) is 0 Å². The fourth-order valence-electron chi connectivity index (χ4n) is 1.65. The van der Waals surface area contributed by atoms with Crippen LogP contribution in [0.25, 0.3) is 0 Å². The Morgan fingerprint density at radius 3 is 2.22 bits per heavy atom. The van der Waals surface area contributed by atoms with Crippen LogP contribution in [-0.2, 0) is 14.4 Å². The van der Waals surface area contributed by atoms with E-state index in [2.05, 4.69) is 45.2 Å². The van der Waals surface area contributed by atoms with Crippen molar-refractivity contribution in [2.24, 2.45) is 0 Å². The van der Waals surface area contributed by atoms with Gasteiger partial charge < -0.3 is 4.43 Å². The number of nitrogens with one attached hydrogen (secondary N) is 1. The van der Waals surface area contributed by atoms with Gasteiger partial charge in [0.15, 0.2) is 8.32 Å². The van der Waals surface area contributed by atoms with Crippen molar-refractivity contribution < 1.29 is 12.8 Å². The van der Waals surface area contributed by atoms with Gasteiger partial charge in [-0.1, -0.05) is 44.5 Å². The predicted octanol–water partition coefficient (Wildman–Crippen LogP) is 3.85. The van der Waals surface area contributed by atoms with Gasteiger partial charge in [0.25, 0.3) is 0 Å². The van der Waals surface area contributed by atoms with Gasteiger partial charge in [-0.25, -0.2) is 13.1 Å². The third kappa shape index (κ3) is 5.56. The van der Waals surface area contributed by atoms with Gasteiger partial charge in [-0.05, 0) is 37.2 Å². The Labute approximate surface area is 142 Å². The maximum Gasteiger partial charge on any atom is 0.241 e. The maximum absolute atomic E-state index is 12.4. The first kappa shape index (κ1) is 20.1. The first-order valence-electron chi connectivity index (χ1n) is 7.74. The zero-order valence-corrected chi connectivity index (χ0v) is 16.8. The monoisotopic (exact) mass is 355 g/mol. The minimum Gasteiger partial charge on any atom is -0.415 e. The molecule has 0 heterocycles. The summed E-state index contributed by atoms with van der Waals surface area (Å²) in [5, 5.41) is 0.0779. The summed E-state index contributed by atoms with van der Waals surface area (Å²) < 4.78 is 33.6. The molecule has 0 saturated carbocycles. The van der Waals surface area contributed by atoms with Crippen LogP contribution in [0.5, 0.6) is 0 Å². The van der Waals surface area contributed by atoms with Gasteiger partial charge in [-0.3, -0.25) is 0 Å². The van der Waals surface area contributed by atoms with Gasteiger partial charge in [0, 0.05) is 0 Å². The zero-order valence-electron chi connectivity index (χ0n) is 15.0. The summed E-state index contributed by atoms with van der Waals surface area (Å²) in [7, 11) is -5.51. The Morgan fingerprint density at radius 2 is 1.78 bits per heavy atom. The van der Waals surface area contributed by atoms with E-state index in [1.807, 2.05) is 6.92 Å². The van der Waals surface area contributed by atoms with Gasteiger partial charge in [-0.15, -0.1) is 6.58 Å². The van der Waals surface area contributed by atoms with Crippen LogP contribution in [0.4, 0.5) is 0 Å². The first-order valence-corrected chi connectivity index (χ1v) is 12.1. The molecule has 0 aliphatic rings. The van der Waals surface area contributed by atoms with E-state index in [0.29, 0.717) is 6.61 Å². The smallest absolute Gasteiger partial charge is 0.241 e. The van der Waals surface area contributed by atoms with E-state index in [4.69, 9.17) is 4.43 Å². The van der Waals surface area contributed by atoms with E-state index >= 15 is 0 Å². The molecule has 1 N–H and O–H groups in total. The molecular formula is C17H29NO3SSi. The minimum absolute atomic E-state index is 0.0779. The fourth-order valence-corrected chi connectivity index (χ4v) is 3.87. The Hall–Kier alpha value is -0.953. The van der Waals surface area contributed by atoms with Crippen molar-refractivity contribution in [2.75, 3.05) is 6.61 Å². The molecule has 0 aliphatic carbocycles. The normalized spacial score (nSPS) is 14.5. The minimum atomic E-state index is -3.58. The Morgan fingerprint density at radius 1 is 1.26 bits per heavy atom. The quantitative estimate of drug-likeness (QED) is 0.597. The molecule has 0 aliphatic heterocycles. The predicted molar refractivity (Wildman–Crippen MR) is 98.6 cm³/mol. The van der Waals surface area contributed by atoms with Crippen LogP contribution in [0, 0.1) is 6.92 Å². The summed E-state index contributed by atoms with van der Waals surface area (Å²) in [6, 6.07) is 6.32. The zero-order chi connectivity index (χ0) is 17.9. The molecule has 0 aromatic heterocycles. The molecule has 1 aromatic rings. The molecule has 1 atom stereocenters.